The summed E-state index contributed by atoms with van der Waals surface area (Å²) in [6.45, 7) is 9.59. The number of rotatable bonds is 3. The lowest BCUT2D eigenvalue weighted by atomic mass is 9.99. The van der Waals surface area contributed by atoms with E-state index in [4.69, 9.17) is 4.42 Å². The average Bonchev–Trinajstić information content (AvgIpc) is 3.39. The molecule has 0 aliphatic heterocycles. The van der Waals surface area contributed by atoms with Crippen molar-refractivity contribution in [2.24, 2.45) is 0 Å². The maximum Gasteiger partial charge on any atom is 0.134 e. The number of aryl methyl sites for hydroxylation is 2. The minimum absolute atomic E-state index is 0.949. The fraction of sp³-hybridized carbons (Fsp3) is 0.0909. The van der Waals surface area contributed by atoms with Gasteiger partial charge in [-0.15, -0.1) is 0 Å². The topological polar surface area (TPSA) is 18.1 Å². The van der Waals surface area contributed by atoms with Crippen LogP contribution >= 0.6 is 0 Å². The van der Waals surface area contributed by atoms with Gasteiger partial charge in [0.05, 0.1) is 11.0 Å². The van der Waals surface area contributed by atoms with Crippen molar-refractivity contribution in [1.82, 2.24) is 4.57 Å². The van der Waals surface area contributed by atoms with E-state index >= 15 is 0 Å². The molecule has 2 aromatic heterocycles. The Labute approximate surface area is 206 Å². The fourth-order valence-corrected chi connectivity index (χ4v) is 4.74. The smallest absolute Gasteiger partial charge is 0.134 e. The Morgan fingerprint density at radius 2 is 1.51 bits per heavy atom. The summed E-state index contributed by atoms with van der Waals surface area (Å²) in [6, 6.07) is 32.4. The third kappa shape index (κ3) is 3.98. The van der Waals surface area contributed by atoms with Gasteiger partial charge in [0.1, 0.15) is 11.3 Å². The highest BCUT2D eigenvalue weighted by molar-refractivity contribution is 6.14. The lowest BCUT2D eigenvalue weighted by molar-refractivity contribution is 0.575. The summed E-state index contributed by atoms with van der Waals surface area (Å²) >= 11 is 0. The van der Waals surface area contributed by atoms with Crippen LogP contribution in [-0.2, 0) is 0 Å². The molecule has 2 heteroatoms. The van der Waals surface area contributed by atoms with Crippen LogP contribution < -0.4 is 0 Å². The molecule has 0 saturated carbocycles. The van der Waals surface area contributed by atoms with Gasteiger partial charge in [-0.3, -0.25) is 0 Å². The summed E-state index contributed by atoms with van der Waals surface area (Å²) in [5, 5.41) is 3.73. The molecule has 0 saturated heterocycles. The Hall–Kier alpha value is -4.30. The van der Waals surface area contributed by atoms with Gasteiger partial charge in [-0.1, -0.05) is 85.5 Å². The molecule has 4 aromatic carbocycles. The molecule has 0 amide bonds. The molecule has 6 rings (SSSR count). The molecule has 0 spiro atoms. The van der Waals surface area contributed by atoms with Crippen LogP contribution in [0, 0.1) is 13.8 Å². The third-order valence-electron chi connectivity index (χ3n) is 6.52. The maximum absolute atomic E-state index is 5.91. The Kier molecular flexibility index (Phi) is 6.12. The predicted molar refractivity (Wildman–Crippen MR) is 150 cm³/mol. The Morgan fingerprint density at radius 3 is 2.26 bits per heavy atom. The second kappa shape index (κ2) is 9.52. The van der Waals surface area contributed by atoms with Crippen molar-refractivity contribution in [1.29, 1.82) is 0 Å². The highest BCUT2D eigenvalue weighted by Crippen LogP contribution is 2.39. The molecular formula is C33H29NO. The lowest BCUT2D eigenvalue weighted by Gasteiger charge is -2.11. The van der Waals surface area contributed by atoms with E-state index < -0.39 is 0 Å². The van der Waals surface area contributed by atoms with E-state index in [9.17, 15) is 0 Å². The van der Waals surface area contributed by atoms with Gasteiger partial charge in [0.15, 0.2) is 0 Å². The fourth-order valence-electron chi connectivity index (χ4n) is 4.74. The monoisotopic (exact) mass is 455 g/mol. The highest BCUT2D eigenvalue weighted by Gasteiger charge is 2.17. The molecular weight excluding hydrogens is 426 g/mol. The van der Waals surface area contributed by atoms with Crippen LogP contribution in [0.1, 0.15) is 18.2 Å². The third-order valence-corrected chi connectivity index (χ3v) is 6.52. The van der Waals surface area contributed by atoms with Gasteiger partial charge in [0.2, 0.25) is 0 Å². The molecule has 35 heavy (non-hydrogen) atoms. The Morgan fingerprint density at radius 1 is 0.771 bits per heavy atom. The van der Waals surface area contributed by atoms with E-state index in [-0.39, 0.29) is 0 Å². The van der Waals surface area contributed by atoms with Gasteiger partial charge in [-0.2, -0.15) is 0 Å². The first-order chi connectivity index (χ1) is 17.1. The number of aromatic nitrogens is 1. The molecule has 2 nitrogen and oxygen atoms in total. The summed E-state index contributed by atoms with van der Waals surface area (Å²) in [4.78, 5) is 0. The van der Waals surface area contributed by atoms with E-state index in [1.54, 1.807) is 6.08 Å². The average molecular weight is 456 g/mol. The molecule has 0 N–H and O–H groups in total. The van der Waals surface area contributed by atoms with Crippen molar-refractivity contribution in [2.45, 2.75) is 20.8 Å². The molecule has 0 fully saturated rings. The SMILES string of the molecule is C=C/C=C\C.Cc1oc2ccc(-c3cccc4c5ccccc5n(-c5ccccc5)c34)cc2c1C. The van der Waals surface area contributed by atoms with Crippen molar-refractivity contribution in [3.05, 3.63) is 127 Å². The first-order valence-corrected chi connectivity index (χ1v) is 12.0. The summed E-state index contributed by atoms with van der Waals surface area (Å²) in [5.41, 5.74) is 8.23. The van der Waals surface area contributed by atoms with Crippen molar-refractivity contribution in [3.63, 3.8) is 0 Å². The largest absolute Gasteiger partial charge is 0.461 e. The van der Waals surface area contributed by atoms with E-state index in [0.29, 0.717) is 0 Å². The number of para-hydroxylation sites is 3. The van der Waals surface area contributed by atoms with Crippen LogP contribution in [0.4, 0.5) is 0 Å². The number of fused-ring (bicyclic) bond motifs is 4. The number of allylic oxidation sites excluding steroid dienone is 3. The van der Waals surface area contributed by atoms with Crippen LogP contribution in [0.5, 0.6) is 0 Å². The van der Waals surface area contributed by atoms with Gasteiger partial charge in [-0.25, -0.2) is 0 Å². The molecule has 0 bridgehead atoms. The number of benzene rings is 4. The zero-order valence-electron chi connectivity index (χ0n) is 20.5. The molecule has 0 atom stereocenters. The van der Waals surface area contributed by atoms with E-state index in [1.165, 1.54) is 49.6 Å². The van der Waals surface area contributed by atoms with Crippen LogP contribution in [0.2, 0.25) is 0 Å². The van der Waals surface area contributed by atoms with Crippen molar-refractivity contribution in [2.75, 3.05) is 0 Å². The van der Waals surface area contributed by atoms with Crippen molar-refractivity contribution >= 4 is 32.8 Å². The second-order valence-electron chi connectivity index (χ2n) is 8.65. The summed E-state index contributed by atoms with van der Waals surface area (Å²) in [6.07, 6.45) is 5.58. The van der Waals surface area contributed by atoms with Crippen molar-refractivity contribution in [3.8, 4) is 16.8 Å². The molecule has 0 aliphatic rings. The Bertz CT molecular complexity index is 1680. The van der Waals surface area contributed by atoms with Gasteiger partial charge < -0.3 is 8.98 Å². The number of hydrogen-bond donors (Lipinski definition) is 0. The van der Waals surface area contributed by atoms with Crippen LogP contribution in [0.3, 0.4) is 0 Å². The Balaban J connectivity index is 0.000000464. The normalized spacial score (nSPS) is 11.3. The number of nitrogens with zero attached hydrogens (tertiary/aromatic N) is 1. The molecule has 0 aliphatic carbocycles. The molecule has 172 valence electrons. The number of hydrogen-bond acceptors (Lipinski definition) is 1. The molecule has 2 heterocycles. The summed E-state index contributed by atoms with van der Waals surface area (Å²) in [5.74, 6) is 0.985. The molecule has 0 unspecified atom stereocenters. The van der Waals surface area contributed by atoms with Crippen LogP contribution in [0.25, 0.3) is 49.6 Å². The highest BCUT2D eigenvalue weighted by atomic mass is 16.3. The number of furan rings is 1. The zero-order chi connectivity index (χ0) is 24.4. The van der Waals surface area contributed by atoms with E-state index in [0.717, 1.165) is 11.3 Å². The van der Waals surface area contributed by atoms with Gasteiger partial charge in [0.25, 0.3) is 0 Å². The van der Waals surface area contributed by atoms with Crippen LogP contribution in [0.15, 0.2) is 120 Å². The summed E-state index contributed by atoms with van der Waals surface area (Å²) in [7, 11) is 0. The quantitative estimate of drug-likeness (QED) is 0.243. The van der Waals surface area contributed by atoms with E-state index in [1.807, 2.05) is 26.0 Å². The van der Waals surface area contributed by atoms with E-state index in [2.05, 4.69) is 109 Å². The summed E-state index contributed by atoms with van der Waals surface area (Å²) < 4.78 is 8.30. The zero-order valence-corrected chi connectivity index (χ0v) is 20.5. The first-order valence-electron chi connectivity index (χ1n) is 12.0. The van der Waals surface area contributed by atoms with Crippen molar-refractivity contribution < 1.29 is 4.42 Å². The van der Waals surface area contributed by atoms with Gasteiger partial charge in [0, 0.05) is 27.4 Å². The lowest BCUT2D eigenvalue weighted by Crippen LogP contribution is -1.95. The van der Waals surface area contributed by atoms with Crippen LogP contribution in [-0.4, -0.2) is 4.57 Å². The van der Waals surface area contributed by atoms with Gasteiger partial charge in [-0.05, 0) is 62.2 Å². The molecule has 0 radical (unpaired) electrons. The standard InChI is InChI=1S/C28H21NO.C5H8/c1-18-19(2)30-27-16-15-20(17-25(18)27)22-12-8-13-24-23-11-6-7-14-26(23)29(28(22)24)21-9-4-3-5-10-21;1-3-5-4-2/h3-17H,1-2H3;3-5H,1H2,2H3/b;5-4-. The second-order valence-corrected chi connectivity index (χ2v) is 8.65. The maximum atomic E-state index is 5.91. The minimum atomic E-state index is 0.949. The van der Waals surface area contributed by atoms with Gasteiger partial charge >= 0.3 is 0 Å². The minimum Gasteiger partial charge on any atom is -0.461 e. The predicted octanol–water partition coefficient (Wildman–Crippen LogP) is 9.56. The first kappa shape index (κ1) is 22.5. The molecule has 6 aromatic rings.